The summed E-state index contributed by atoms with van der Waals surface area (Å²) in [5.74, 6) is -2.53. The maximum Gasteiger partial charge on any atom is 0.290 e. The predicted octanol–water partition coefficient (Wildman–Crippen LogP) is 2.95. The highest BCUT2D eigenvalue weighted by atomic mass is 19.1. The molecule has 1 amide bonds. The Labute approximate surface area is 156 Å². The van der Waals surface area contributed by atoms with Gasteiger partial charge in [-0.15, -0.1) is 0 Å². The van der Waals surface area contributed by atoms with Crippen molar-refractivity contribution >= 4 is 11.7 Å². The second kappa shape index (κ2) is 7.75. The minimum atomic E-state index is -1.00. The van der Waals surface area contributed by atoms with Gasteiger partial charge in [0.1, 0.15) is 5.82 Å². The molecule has 1 atom stereocenters. The summed E-state index contributed by atoms with van der Waals surface area (Å²) in [4.78, 5) is 28.8. The Hall–Kier alpha value is -2.93. The minimum absolute atomic E-state index is 0.0131. The third kappa shape index (κ3) is 3.64. The van der Waals surface area contributed by atoms with Crippen molar-refractivity contribution < 1.29 is 23.5 Å². The van der Waals surface area contributed by atoms with E-state index in [9.17, 15) is 19.1 Å². The number of amides is 1. The summed E-state index contributed by atoms with van der Waals surface area (Å²) in [5, 5.41) is 10.4. The molecule has 1 aliphatic rings. The minimum Gasteiger partial charge on any atom is -0.503 e. The summed E-state index contributed by atoms with van der Waals surface area (Å²) < 4.78 is 19.6. The van der Waals surface area contributed by atoms with Crippen LogP contribution in [0.25, 0.3) is 0 Å². The van der Waals surface area contributed by atoms with E-state index >= 15 is 0 Å². The van der Waals surface area contributed by atoms with Gasteiger partial charge in [0, 0.05) is 12.1 Å². The molecule has 2 aromatic rings. The average molecular weight is 372 g/mol. The zero-order valence-corrected chi connectivity index (χ0v) is 15.2. The maximum atomic E-state index is 14.5. The topological polar surface area (TPSA) is 74.0 Å². The van der Waals surface area contributed by atoms with Crippen LogP contribution in [0.15, 0.2) is 58.4 Å². The predicted molar refractivity (Wildman–Crippen MR) is 96.7 cm³/mol. The molecule has 142 valence electrons. The molecule has 0 unspecified atom stereocenters. The Bertz CT molecular complexity index is 874. The highest BCUT2D eigenvalue weighted by molar-refractivity contribution is 6.15. The van der Waals surface area contributed by atoms with E-state index in [1.807, 2.05) is 19.0 Å². The molecule has 1 aromatic heterocycles. The first-order valence-electron chi connectivity index (χ1n) is 8.63. The molecule has 0 aliphatic carbocycles. The molecule has 0 saturated carbocycles. The summed E-state index contributed by atoms with van der Waals surface area (Å²) >= 11 is 0. The molecule has 6 nitrogen and oxygen atoms in total. The highest BCUT2D eigenvalue weighted by Crippen LogP contribution is 2.39. The summed E-state index contributed by atoms with van der Waals surface area (Å²) in [6.45, 7) is 0.977. The van der Waals surface area contributed by atoms with Gasteiger partial charge in [-0.3, -0.25) is 9.59 Å². The van der Waals surface area contributed by atoms with Gasteiger partial charge in [0.2, 0.25) is 5.78 Å². The van der Waals surface area contributed by atoms with Gasteiger partial charge in [0.15, 0.2) is 11.5 Å². The summed E-state index contributed by atoms with van der Waals surface area (Å²) in [6.07, 6.45) is 1.94. The zero-order valence-electron chi connectivity index (χ0n) is 15.2. The van der Waals surface area contributed by atoms with E-state index < -0.39 is 29.3 Å². The summed E-state index contributed by atoms with van der Waals surface area (Å²) in [5.41, 5.74) is -0.000405. The molecular weight excluding hydrogens is 351 g/mol. The van der Waals surface area contributed by atoms with E-state index in [1.54, 1.807) is 6.07 Å². The largest absolute Gasteiger partial charge is 0.503 e. The van der Waals surface area contributed by atoms with Crippen LogP contribution in [0.1, 0.15) is 28.6 Å². The number of rotatable bonds is 7. The Balaban J connectivity index is 2.02. The van der Waals surface area contributed by atoms with E-state index in [4.69, 9.17) is 4.42 Å². The second-order valence-corrected chi connectivity index (χ2v) is 6.65. The van der Waals surface area contributed by atoms with E-state index in [1.165, 1.54) is 41.5 Å². The van der Waals surface area contributed by atoms with Crippen LogP contribution in [0, 0.1) is 5.82 Å². The molecule has 0 bridgehead atoms. The fourth-order valence-corrected chi connectivity index (χ4v) is 3.23. The fraction of sp³-hybridized carbons (Fsp3) is 0.300. The molecule has 1 N–H and O–H groups in total. The molecule has 7 heteroatoms. The van der Waals surface area contributed by atoms with Crippen LogP contribution in [-0.2, 0) is 4.79 Å². The van der Waals surface area contributed by atoms with E-state index in [0.29, 0.717) is 13.0 Å². The average Bonchev–Trinajstić information content (AvgIpc) is 3.24. The van der Waals surface area contributed by atoms with Crippen molar-refractivity contribution in [3.05, 3.63) is 71.1 Å². The van der Waals surface area contributed by atoms with Crippen LogP contribution in [0.3, 0.4) is 0 Å². The number of hydrogen-bond acceptors (Lipinski definition) is 5. The fourth-order valence-electron chi connectivity index (χ4n) is 3.23. The second-order valence-electron chi connectivity index (χ2n) is 6.65. The smallest absolute Gasteiger partial charge is 0.290 e. The van der Waals surface area contributed by atoms with Gasteiger partial charge in [-0.05, 0) is 45.3 Å². The van der Waals surface area contributed by atoms with Gasteiger partial charge < -0.3 is 19.3 Å². The normalized spacial score (nSPS) is 17.3. The van der Waals surface area contributed by atoms with Crippen LogP contribution < -0.4 is 0 Å². The number of aliphatic hydroxyl groups excluding tert-OH is 1. The number of Topliss-reactive ketones (excluding diaryl/α,β-unsaturated/α-hetero) is 1. The maximum absolute atomic E-state index is 14.5. The molecular formula is C20H21FN2O4. The Morgan fingerprint density at radius 1 is 1.26 bits per heavy atom. The first-order chi connectivity index (χ1) is 12.9. The quantitative estimate of drug-likeness (QED) is 0.757. The lowest BCUT2D eigenvalue weighted by Crippen LogP contribution is -2.34. The van der Waals surface area contributed by atoms with Crippen LogP contribution in [0.5, 0.6) is 0 Å². The molecule has 0 fully saturated rings. The first kappa shape index (κ1) is 18.8. The number of carbonyl (C=O) groups excluding carboxylic acids is 2. The molecule has 1 aromatic carbocycles. The molecule has 1 aliphatic heterocycles. The van der Waals surface area contributed by atoms with Crippen LogP contribution in [0.2, 0.25) is 0 Å². The number of hydrogen-bond donors (Lipinski definition) is 1. The number of nitrogens with zero attached hydrogens (tertiary/aromatic N) is 2. The summed E-state index contributed by atoms with van der Waals surface area (Å²) in [7, 11) is 3.81. The van der Waals surface area contributed by atoms with Crippen molar-refractivity contribution in [3.63, 3.8) is 0 Å². The molecule has 0 radical (unpaired) electrons. The number of carbonyl (C=O) groups is 2. The van der Waals surface area contributed by atoms with Gasteiger partial charge in [-0.1, -0.05) is 18.2 Å². The molecule has 0 spiro atoms. The lowest BCUT2D eigenvalue weighted by atomic mass is 9.94. The Morgan fingerprint density at radius 3 is 2.63 bits per heavy atom. The summed E-state index contributed by atoms with van der Waals surface area (Å²) in [6, 6.07) is 7.92. The van der Waals surface area contributed by atoms with E-state index in [0.717, 1.165) is 0 Å². The third-order valence-corrected chi connectivity index (χ3v) is 4.50. The standard InChI is InChI=1S/C20H21FN2O4/c1-22(2)10-6-11-23-17(13-7-3-4-8-14(13)21)16(19(25)20(23)26)18(24)15-9-5-12-27-15/h3-5,7-9,12,17,25H,6,10-11H2,1-2H3/t17-/m1/s1. The van der Waals surface area contributed by atoms with Crippen molar-refractivity contribution in [1.29, 1.82) is 0 Å². The van der Waals surface area contributed by atoms with Gasteiger partial charge in [0.05, 0.1) is 17.9 Å². The van der Waals surface area contributed by atoms with Crippen molar-refractivity contribution in [3.8, 4) is 0 Å². The van der Waals surface area contributed by atoms with Gasteiger partial charge in [0.25, 0.3) is 5.91 Å². The van der Waals surface area contributed by atoms with E-state index in [2.05, 4.69) is 0 Å². The molecule has 0 saturated heterocycles. The Morgan fingerprint density at radius 2 is 2.00 bits per heavy atom. The van der Waals surface area contributed by atoms with Crippen LogP contribution in [0.4, 0.5) is 4.39 Å². The number of furan rings is 1. The number of aliphatic hydroxyl groups is 1. The van der Waals surface area contributed by atoms with Crippen molar-refractivity contribution in [2.45, 2.75) is 12.5 Å². The Kier molecular flexibility index (Phi) is 5.41. The monoisotopic (exact) mass is 372 g/mol. The van der Waals surface area contributed by atoms with Crippen molar-refractivity contribution in [1.82, 2.24) is 9.80 Å². The van der Waals surface area contributed by atoms with Crippen LogP contribution in [-0.4, -0.2) is 53.8 Å². The van der Waals surface area contributed by atoms with Crippen molar-refractivity contribution in [2.75, 3.05) is 27.2 Å². The first-order valence-corrected chi connectivity index (χ1v) is 8.63. The molecule has 3 rings (SSSR count). The number of halogens is 1. The number of benzene rings is 1. The van der Waals surface area contributed by atoms with Crippen molar-refractivity contribution in [2.24, 2.45) is 0 Å². The zero-order chi connectivity index (χ0) is 19.6. The highest BCUT2D eigenvalue weighted by Gasteiger charge is 2.45. The van der Waals surface area contributed by atoms with Gasteiger partial charge in [-0.25, -0.2) is 4.39 Å². The van der Waals surface area contributed by atoms with Crippen LogP contribution >= 0.6 is 0 Å². The molecule has 2 heterocycles. The third-order valence-electron chi connectivity index (χ3n) is 4.50. The van der Waals surface area contributed by atoms with Gasteiger partial charge in [-0.2, -0.15) is 0 Å². The lowest BCUT2D eigenvalue weighted by molar-refractivity contribution is -0.129. The lowest BCUT2D eigenvalue weighted by Gasteiger charge is -2.27. The van der Waals surface area contributed by atoms with E-state index in [-0.39, 0.29) is 23.4 Å². The SMILES string of the molecule is CN(C)CCCN1C(=O)C(O)=C(C(=O)c2ccco2)[C@H]1c1ccccc1F. The van der Waals surface area contributed by atoms with Gasteiger partial charge >= 0.3 is 0 Å². The molecule has 27 heavy (non-hydrogen) atoms. The number of ketones is 1.